The van der Waals surface area contributed by atoms with Gasteiger partial charge in [0, 0.05) is 18.7 Å². The van der Waals surface area contributed by atoms with Crippen LogP contribution in [0.2, 0.25) is 0 Å². The molecule has 1 amide bonds. The number of H-pyrrole nitrogens is 1. The van der Waals surface area contributed by atoms with Crippen molar-refractivity contribution in [2.45, 2.75) is 36.0 Å². The minimum absolute atomic E-state index is 0.0853. The minimum Gasteiger partial charge on any atom is -0.445 e. The number of ether oxygens (including phenoxy) is 1. The van der Waals surface area contributed by atoms with Crippen LogP contribution in [0.3, 0.4) is 0 Å². The van der Waals surface area contributed by atoms with Crippen LogP contribution >= 0.6 is 34.8 Å². The molecule has 0 saturated carbocycles. The van der Waals surface area contributed by atoms with Gasteiger partial charge in [-0.1, -0.05) is 48.1 Å². The first-order valence-electron chi connectivity index (χ1n) is 6.44. The van der Waals surface area contributed by atoms with E-state index in [-0.39, 0.29) is 12.6 Å². The standard InChI is InChI=1S/C12H16Cl3N3O2/c1-2-3-9-10-8(16-7-17-10)4-5-18(9)11(19)20-6-12(13,14)15/h7,9H,2-6H2,1H3,(H,16,17). The Morgan fingerprint density at radius 1 is 1.60 bits per heavy atom. The van der Waals surface area contributed by atoms with E-state index in [0.29, 0.717) is 6.54 Å². The summed E-state index contributed by atoms with van der Waals surface area (Å²) in [7, 11) is 0. The molecule has 2 heterocycles. The summed E-state index contributed by atoms with van der Waals surface area (Å²) in [5.41, 5.74) is 1.98. The minimum atomic E-state index is -1.59. The summed E-state index contributed by atoms with van der Waals surface area (Å²) in [4.78, 5) is 21.2. The fraction of sp³-hybridized carbons (Fsp3) is 0.667. The number of fused-ring (bicyclic) bond motifs is 1. The highest BCUT2D eigenvalue weighted by Crippen LogP contribution is 2.32. The van der Waals surface area contributed by atoms with Crippen molar-refractivity contribution in [1.82, 2.24) is 14.9 Å². The number of carbonyl (C=O) groups is 1. The number of carbonyl (C=O) groups excluding carboxylic acids is 1. The molecule has 0 radical (unpaired) electrons. The molecule has 0 aliphatic carbocycles. The van der Waals surface area contributed by atoms with Gasteiger partial charge in [-0.3, -0.25) is 4.90 Å². The molecule has 0 saturated heterocycles. The quantitative estimate of drug-likeness (QED) is 0.855. The largest absolute Gasteiger partial charge is 0.445 e. The number of imidazole rings is 1. The highest BCUT2D eigenvalue weighted by atomic mass is 35.6. The summed E-state index contributed by atoms with van der Waals surface area (Å²) >= 11 is 16.8. The zero-order valence-corrected chi connectivity index (χ0v) is 13.3. The number of rotatable bonds is 3. The lowest BCUT2D eigenvalue weighted by atomic mass is 9.99. The van der Waals surface area contributed by atoms with E-state index in [9.17, 15) is 4.79 Å². The molecule has 20 heavy (non-hydrogen) atoms. The van der Waals surface area contributed by atoms with Crippen LogP contribution in [0.4, 0.5) is 4.79 Å². The van der Waals surface area contributed by atoms with Crippen LogP contribution in [0.25, 0.3) is 0 Å². The van der Waals surface area contributed by atoms with Crippen molar-refractivity contribution in [3.63, 3.8) is 0 Å². The molecule has 0 fully saturated rings. The normalized spacial score (nSPS) is 18.8. The van der Waals surface area contributed by atoms with Gasteiger partial charge in [-0.2, -0.15) is 0 Å². The van der Waals surface area contributed by atoms with Gasteiger partial charge in [0.15, 0.2) is 0 Å². The second-order valence-corrected chi connectivity index (χ2v) is 7.20. The SMILES string of the molecule is CCCC1c2nc[nH]c2CCN1C(=O)OCC(Cl)(Cl)Cl. The van der Waals surface area contributed by atoms with Gasteiger partial charge >= 0.3 is 6.09 Å². The van der Waals surface area contributed by atoms with Gasteiger partial charge in [0.2, 0.25) is 3.79 Å². The van der Waals surface area contributed by atoms with E-state index < -0.39 is 9.89 Å². The van der Waals surface area contributed by atoms with Gasteiger partial charge in [0.25, 0.3) is 0 Å². The fourth-order valence-electron chi connectivity index (χ4n) is 2.37. The summed E-state index contributed by atoms with van der Waals surface area (Å²) < 4.78 is 3.47. The fourth-order valence-corrected chi connectivity index (χ4v) is 2.53. The maximum absolute atomic E-state index is 12.2. The number of hydrogen-bond acceptors (Lipinski definition) is 3. The molecule has 1 aliphatic heterocycles. The molecule has 2 rings (SSSR count). The first-order valence-corrected chi connectivity index (χ1v) is 7.58. The van der Waals surface area contributed by atoms with E-state index >= 15 is 0 Å². The third kappa shape index (κ3) is 3.71. The Bertz CT molecular complexity index is 473. The van der Waals surface area contributed by atoms with Crippen molar-refractivity contribution in [1.29, 1.82) is 0 Å². The van der Waals surface area contributed by atoms with Crippen molar-refractivity contribution in [2.24, 2.45) is 0 Å². The number of amides is 1. The van der Waals surface area contributed by atoms with E-state index in [4.69, 9.17) is 39.5 Å². The molecule has 5 nitrogen and oxygen atoms in total. The van der Waals surface area contributed by atoms with E-state index in [1.165, 1.54) is 0 Å². The van der Waals surface area contributed by atoms with Crippen LogP contribution in [-0.2, 0) is 11.2 Å². The average molecular weight is 341 g/mol. The predicted molar refractivity (Wildman–Crippen MR) is 78.3 cm³/mol. The zero-order chi connectivity index (χ0) is 14.8. The number of aromatic amines is 1. The number of nitrogens with one attached hydrogen (secondary N) is 1. The molecular formula is C12H16Cl3N3O2. The molecule has 0 aromatic carbocycles. The van der Waals surface area contributed by atoms with E-state index in [2.05, 4.69) is 16.9 Å². The van der Waals surface area contributed by atoms with Crippen LogP contribution in [0, 0.1) is 0 Å². The Labute approximate surface area is 132 Å². The van der Waals surface area contributed by atoms with E-state index in [1.54, 1.807) is 11.2 Å². The molecule has 1 unspecified atom stereocenters. The molecule has 1 aliphatic rings. The van der Waals surface area contributed by atoms with Crippen molar-refractivity contribution >= 4 is 40.9 Å². The van der Waals surface area contributed by atoms with Crippen molar-refractivity contribution in [2.75, 3.05) is 13.2 Å². The average Bonchev–Trinajstić information content (AvgIpc) is 2.84. The lowest BCUT2D eigenvalue weighted by Crippen LogP contribution is -2.41. The van der Waals surface area contributed by atoms with Gasteiger partial charge in [0.05, 0.1) is 18.1 Å². The summed E-state index contributed by atoms with van der Waals surface area (Å²) in [5, 5.41) is 0. The summed E-state index contributed by atoms with van der Waals surface area (Å²) in [6.45, 7) is 2.36. The zero-order valence-electron chi connectivity index (χ0n) is 11.0. The van der Waals surface area contributed by atoms with Crippen LogP contribution in [0.1, 0.15) is 37.2 Å². The van der Waals surface area contributed by atoms with E-state index in [1.807, 2.05) is 0 Å². The molecule has 8 heteroatoms. The van der Waals surface area contributed by atoms with Gasteiger partial charge in [0.1, 0.15) is 6.61 Å². The van der Waals surface area contributed by atoms with Gasteiger partial charge in [-0.25, -0.2) is 9.78 Å². The Morgan fingerprint density at radius 2 is 2.35 bits per heavy atom. The molecule has 0 spiro atoms. The number of hydrogen-bond donors (Lipinski definition) is 1. The maximum atomic E-state index is 12.2. The molecule has 1 aromatic heterocycles. The molecule has 1 N–H and O–H groups in total. The highest BCUT2D eigenvalue weighted by Gasteiger charge is 2.34. The summed E-state index contributed by atoms with van der Waals surface area (Å²) in [5.74, 6) is 0. The molecule has 1 atom stereocenters. The molecule has 1 aromatic rings. The number of alkyl halides is 3. The lowest BCUT2D eigenvalue weighted by Gasteiger charge is -2.34. The first-order chi connectivity index (χ1) is 9.42. The lowest BCUT2D eigenvalue weighted by molar-refractivity contribution is 0.0806. The number of nitrogens with zero attached hydrogens (tertiary/aromatic N) is 2. The van der Waals surface area contributed by atoms with Crippen molar-refractivity contribution in [3.8, 4) is 0 Å². The second-order valence-electron chi connectivity index (χ2n) is 4.68. The Balaban J connectivity index is 2.09. The van der Waals surface area contributed by atoms with Crippen LogP contribution in [-0.4, -0.2) is 37.9 Å². The predicted octanol–water partition coefficient (Wildman–Crippen LogP) is 3.62. The van der Waals surface area contributed by atoms with Gasteiger partial charge in [-0.15, -0.1) is 0 Å². The third-order valence-corrected chi connectivity index (χ3v) is 3.53. The van der Waals surface area contributed by atoms with Crippen LogP contribution < -0.4 is 0 Å². The highest BCUT2D eigenvalue weighted by molar-refractivity contribution is 6.67. The monoisotopic (exact) mass is 339 g/mol. The van der Waals surface area contributed by atoms with Crippen LogP contribution in [0.15, 0.2) is 6.33 Å². The molecule has 0 bridgehead atoms. The van der Waals surface area contributed by atoms with Crippen molar-refractivity contribution < 1.29 is 9.53 Å². The van der Waals surface area contributed by atoms with Crippen molar-refractivity contribution in [3.05, 3.63) is 17.7 Å². The first kappa shape index (κ1) is 15.7. The Hall–Kier alpha value is -0.650. The topological polar surface area (TPSA) is 58.2 Å². The maximum Gasteiger partial charge on any atom is 0.410 e. The summed E-state index contributed by atoms with van der Waals surface area (Å²) in [6, 6.07) is -0.0853. The Morgan fingerprint density at radius 3 is 3.00 bits per heavy atom. The second kappa shape index (κ2) is 6.41. The smallest absolute Gasteiger partial charge is 0.410 e. The number of halogens is 3. The summed E-state index contributed by atoms with van der Waals surface area (Å²) in [6.07, 6.45) is 3.66. The molecular weight excluding hydrogens is 325 g/mol. The van der Waals surface area contributed by atoms with Gasteiger partial charge < -0.3 is 9.72 Å². The third-order valence-electron chi connectivity index (χ3n) is 3.20. The van der Waals surface area contributed by atoms with E-state index in [0.717, 1.165) is 30.7 Å². The number of aromatic nitrogens is 2. The van der Waals surface area contributed by atoms with Gasteiger partial charge in [-0.05, 0) is 6.42 Å². The Kier molecular flexibility index (Phi) is 5.04. The van der Waals surface area contributed by atoms with Crippen LogP contribution in [0.5, 0.6) is 0 Å². The molecule has 112 valence electrons.